The van der Waals surface area contributed by atoms with Crippen molar-refractivity contribution in [1.29, 1.82) is 0 Å². The van der Waals surface area contributed by atoms with Gasteiger partial charge in [0.25, 0.3) is 0 Å². The summed E-state index contributed by atoms with van der Waals surface area (Å²) >= 11 is 0. The highest BCUT2D eigenvalue weighted by Gasteiger charge is 2.25. The molecule has 0 bridgehead atoms. The zero-order valence-electron chi connectivity index (χ0n) is 28.5. The summed E-state index contributed by atoms with van der Waals surface area (Å²) in [4.78, 5) is 25.4. The lowest BCUT2D eigenvalue weighted by molar-refractivity contribution is -0.929. The molecule has 0 N–H and O–H groups in total. The molecule has 0 saturated carbocycles. The van der Waals surface area contributed by atoms with Crippen LogP contribution in [0.3, 0.4) is 0 Å². The van der Waals surface area contributed by atoms with E-state index in [0.29, 0.717) is 0 Å². The Hall–Kier alpha value is 0.230. The molecule has 0 radical (unpaired) electrons. The van der Waals surface area contributed by atoms with E-state index < -0.39 is 8.60 Å². The van der Waals surface area contributed by atoms with Crippen LogP contribution in [-0.4, -0.2) is 61.3 Å². The number of quaternary nitrogens is 2. The molecule has 6 heteroatoms. The van der Waals surface area contributed by atoms with E-state index in [2.05, 4.69) is 55.4 Å². The van der Waals surface area contributed by atoms with Gasteiger partial charge in [-0.15, -0.1) is 0 Å². The van der Waals surface area contributed by atoms with E-state index >= 15 is 0 Å². The molecule has 0 atom stereocenters. The third-order valence-corrected chi connectivity index (χ3v) is 7.89. The van der Waals surface area contributed by atoms with Crippen molar-refractivity contribution < 1.29 is 25.1 Å². The van der Waals surface area contributed by atoms with E-state index in [1.54, 1.807) is 0 Å². The molecule has 0 saturated heterocycles. The monoisotopic (exact) mass is 565 g/mol. The van der Waals surface area contributed by atoms with E-state index in [0.717, 1.165) is 0 Å². The summed E-state index contributed by atoms with van der Waals surface area (Å²) in [6, 6.07) is 0. The SMILES string of the molecule is CCCC[N+](CCCC)(CCCC)CCCC.CCCC[N+](CCCC)(CCCC)CCCC.[H+].[O-]P([O-])[O-]. The predicted octanol–water partition coefficient (Wildman–Crippen LogP) is 7.41. The summed E-state index contributed by atoms with van der Waals surface area (Å²) < 4.78 is 2.84. The number of hydrogen-bond donors (Lipinski definition) is 0. The zero-order chi connectivity index (χ0) is 29.5. The van der Waals surface area contributed by atoms with Gasteiger partial charge in [0.2, 0.25) is 0 Å². The van der Waals surface area contributed by atoms with Crippen LogP contribution in [0.1, 0.15) is 160 Å². The fourth-order valence-electron chi connectivity index (χ4n) is 5.29. The average molecular weight is 565 g/mol. The van der Waals surface area contributed by atoms with Gasteiger partial charge in [-0.05, 0) is 51.4 Å². The second kappa shape index (κ2) is 31.8. The molecule has 5 nitrogen and oxygen atoms in total. The molecule has 0 fully saturated rings. The molecular formula is C32H73N2O3P. The number of unbranched alkanes of at least 4 members (excludes halogenated alkanes) is 8. The third kappa shape index (κ3) is 27.8. The molecule has 234 valence electrons. The predicted molar refractivity (Wildman–Crippen MR) is 167 cm³/mol. The smallest absolute Gasteiger partial charge is 0.854 e. The normalized spacial score (nSPS) is 11.7. The van der Waals surface area contributed by atoms with E-state index in [9.17, 15) is 0 Å². The van der Waals surface area contributed by atoms with Gasteiger partial charge in [-0.3, -0.25) is 0 Å². The van der Waals surface area contributed by atoms with Crippen molar-refractivity contribution in [3.05, 3.63) is 0 Å². The Labute approximate surface area is 244 Å². The summed E-state index contributed by atoms with van der Waals surface area (Å²) in [6.07, 6.45) is 22.1. The Morgan fingerprint density at radius 2 is 0.447 bits per heavy atom. The minimum absolute atomic E-state index is 0. The zero-order valence-corrected chi connectivity index (χ0v) is 28.4. The van der Waals surface area contributed by atoms with Gasteiger partial charge in [0.05, 0.1) is 52.4 Å². The van der Waals surface area contributed by atoms with Gasteiger partial charge in [-0.1, -0.05) is 107 Å². The maximum absolute atomic E-state index is 8.48. The van der Waals surface area contributed by atoms with Crippen molar-refractivity contribution in [2.24, 2.45) is 0 Å². The van der Waals surface area contributed by atoms with Crippen molar-refractivity contribution >= 4 is 8.60 Å². The highest BCUT2D eigenvalue weighted by molar-refractivity contribution is 7.33. The van der Waals surface area contributed by atoms with Crippen LogP contribution >= 0.6 is 8.60 Å². The molecule has 0 unspecified atom stereocenters. The lowest BCUT2D eigenvalue weighted by Gasteiger charge is -2.39. The molecule has 0 amide bonds. The molecular weight excluding hydrogens is 491 g/mol. The molecule has 0 heterocycles. The van der Waals surface area contributed by atoms with Crippen LogP contribution in [0.5, 0.6) is 0 Å². The highest BCUT2D eigenvalue weighted by atomic mass is 31.2. The van der Waals surface area contributed by atoms with Crippen molar-refractivity contribution in [1.82, 2.24) is 0 Å². The summed E-state index contributed by atoms with van der Waals surface area (Å²) in [7, 11) is -3.37. The number of rotatable bonds is 24. The first-order chi connectivity index (χ1) is 18.2. The Balaban J connectivity index is -0.000000270. The van der Waals surface area contributed by atoms with Gasteiger partial charge in [0.15, 0.2) is 0 Å². The Morgan fingerprint density at radius 3 is 0.526 bits per heavy atom. The lowest BCUT2D eigenvalue weighted by atomic mass is 10.1. The van der Waals surface area contributed by atoms with Crippen LogP contribution in [0, 0.1) is 0 Å². The molecule has 0 rings (SSSR count). The molecule has 38 heavy (non-hydrogen) atoms. The van der Waals surface area contributed by atoms with Crippen LogP contribution in [0.15, 0.2) is 0 Å². The van der Waals surface area contributed by atoms with Gasteiger partial charge in [-0.2, -0.15) is 0 Å². The minimum Gasteiger partial charge on any atom is -0.854 e. The largest absolute Gasteiger partial charge is 1.00 e. The van der Waals surface area contributed by atoms with Gasteiger partial charge in [0, 0.05) is 0 Å². The first-order valence-electron chi connectivity index (χ1n) is 16.7. The molecule has 0 aliphatic heterocycles. The van der Waals surface area contributed by atoms with Crippen LogP contribution in [0.4, 0.5) is 0 Å². The summed E-state index contributed by atoms with van der Waals surface area (Å²) in [5, 5.41) is 0. The van der Waals surface area contributed by atoms with Gasteiger partial charge in [-0.25, -0.2) is 0 Å². The molecule has 0 aliphatic carbocycles. The van der Waals surface area contributed by atoms with Crippen LogP contribution in [0.25, 0.3) is 0 Å². The fourth-order valence-corrected chi connectivity index (χ4v) is 5.29. The van der Waals surface area contributed by atoms with Crippen molar-refractivity contribution in [3.8, 4) is 0 Å². The average Bonchev–Trinajstić information content (AvgIpc) is 2.91. The number of hydrogen-bond acceptors (Lipinski definition) is 3. The van der Waals surface area contributed by atoms with Crippen LogP contribution in [0.2, 0.25) is 0 Å². The van der Waals surface area contributed by atoms with Gasteiger partial charge < -0.3 is 32.2 Å². The van der Waals surface area contributed by atoms with Crippen molar-refractivity contribution in [3.63, 3.8) is 0 Å². The molecule has 0 aromatic rings. The quantitative estimate of drug-likeness (QED) is 0.0905. The maximum atomic E-state index is 8.48. The van der Waals surface area contributed by atoms with Gasteiger partial charge in [0.1, 0.15) is 0 Å². The molecule has 0 aromatic heterocycles. The van der Waals surface area contributed by atoms with Crippen LogP contribution < -0.4 is 14.7 Å². The summed E-state index contributed by atoms with van der Waals surface area (Å²) in [6.45, 7) is 30.0. The van der Waals surface area contributed by atoms with E-state index in [4.69, 9.17) is 14.7 Å². The summed E-state index contributed by atoms with van der Waals surface area (Å²) in [5.74, 6) is 0. The Bertz CT molecular complexity index is 332. The molecule has 0 spiro atoms. The van der Waals surface area contributed by atoms with Crippen molar-refractivity contribution in [2.45, 2.75) is 158 Å². The van der Waals surface area contributed by atoms with E-state index in [1.165, 1.54) is 164 Å². The van der Waals surface area contributed by atoms with Crippen molar-refractivity contribution in [2.75, 3.05) is 52.4 Å². The van der Waals surface area contributed by atoms with E-state index in [1.807, 2.05) is 0 Å². The first-order valence-corrected chi connectivity index (χ1v) is 17.8. The Kier molecular flexibility index (Phi) is 35.7. The second-order valence-corrected chi connectivity index (χ2v) is 12.0. The molecule has 0 aliphatic rings. The molecule has 0 aromatic carbocycles. The highest BCUT2D eigenvalue weighted by Crippen LogP contribution is 2.17. The van der Waals surface area contributed by atoms with Gasteiger partial charge >= 0.3 is 1.43 Å². The lowest BCUT2D eigenvalue weighted by Crippen LogP contribution is -2.50. The van der Waals surface area contributed by atoms with E-state index in [-0.39, 0.29) is 1.43 Å². The first kappa shape index (κ1) is 42.7. The third-order valence-electron chi connectivity index (χ3n) is 7.89. The Morgan fingerprint density at radius 1 is 0.342 bits per heavy atom. The number of nitrogens with zero attached hydrogens (tertiary/aromatic N) is 2. The second-order valence-electron chi connectivity index (χ2n) is 11.5. The summed E-state index contributed by atoms with van der Waals surface area (Å²) in [5.41, 5.74) is 0. The fraction of sp³-hybridized carbons (Fsp3) is 1.00. The van der Waals surface area contributed by atoms with Crippen LogP contribution in [-0.2, 0) is 0 Å². The topological polar surface area (TPSA) is 69.2 Å². The minimum atomic E-state index is -3.37. The standard InChI is InChI=1S/2C16H36N.O3P/c2*1-5-9-13-17(14-10-6-2,15-11-7-3)16-12-8-4;1-4(2)3/h2*5-16H2,1-4H3;/q2*+1;-3/p+1. The maximum Gasteiger partial charge on any atom is 1.00 e.